The van der Waals surface area contributed by atoms with Crippen LogP contribution in [0.2, 0.25) is 0 Å². The smallest absolute Gasteiger partial charge is 0.0535 e. The van der Waals surface area contributed by atoms with E-state index in [1.807, 2.05) is 0 Å². The molecule has 0 N–H and O–H groups in total. The van der Waals surface area contributed by atoms with E-state index in [1.165, 1.54) is 32.6 Å². The molecule has 0 aliphatic carbocycles. The van der Waals surface area contributed by atoms with Gasteiger partial charge in [-0.1, -0.05) is 66.2 Å². The quantitative estimate of drug-likeness (QED) is 0.368. The van der Waals surface area contributed by atoms with Gasteiger partial charge >= 0.3 is 0 Å². The van der Waals surface area contributed by atoms with Crippen LogP contribution in [0.1, 0.15) is 5.56 Å². The van der Waals surface area contributed by atoms with Crippen LogP contribution in [-0.2, 0) is 0 Å². The number of nitrogens with zero attached hydrogens (tertiary/aromatic N) is 1. The molecule has 0 amide bonds. The fourth-order valence-electron chi connectivity index (χ4n) is 2.83. The van der Waals surface area contributed by atoms with Gasteiger partial charge in [-0.3, -0.25) is 4.31 Å². The zero-order chi connectivity index (χ0) is 17.1. The third-order valence-corrected chi connectivity index (χ3v) is 5.26. The molecule has 0 aliphatic rings. The van der Waals surface area contributed by atoms with Crippen LogP contribution in [0.25, 0.3) is 10.8 Å². The van der Waals surface area contributed by atoms with Gasteiger partial charge in [0.05, 0.1) is 11.4 Å². The molecule has 0 saturated heterocycles. The summed E-state index contributed by atoms with van der Waals surface area (Å²) in [4.78, 5) is 1.22. The fourth-order valence-corrected chi connectivity index (χ4v) is 3.74. The lowest BCUT2D eigenvalue weighted by Gasteiger charge is -2.24. The molecule has 0 aromatic heterocycles. The summed E-state index contributed by atoms with van der Waals surface area (Å²) in [5.41, 5.74) is 3.63. The molecule has 4 aromatic rings. The minimum atomic E-state index is 1.17. The van der Waals surface area contributed by atoms with Crippen LogP contribution in [0.5, 0.6) is 0 Å². The van der Waals surface area contributed by atoms with E-state index in [0.717, 1.165) is 0 Å². The molecule has 4 rings (SSSR count). The molecule has 0 heterocycles. The highest BCUT2D eigenvalue weighted by Gasteiger charge is 2.12. The summed E-state index contributed by atoms with van der Waals surface area (Å²) in [6.07, 6.45) is 0. The second kappa shape index (κ2) is 7.04. The molecule has 0 unspecified atom stereocenters. The van der Waals surface area contributed by atoms with Crippen LogP contribution in [0, 0.1) is 6.92 Å². The Hall–Kier alpha value is -2.71. The number of para-hydroxylation sites is 1. The first-order valence-electron chi connectivity index (χ1n) is 8.38. The molecule has 122 valence electrons. The third-order valence-electron chi connectivity index (χ3n) is 4.18. The van der Waals surface area contributed by atoms with Crippen molar-refractivity contribution in [1.29, 1.82) is 0 Å². The predicted molar refractivity (Wildman–Crippen MR) is 110 cm³/mol. The van der Waals surface area contributed by atoms with Crippen molar-refractivity contribution in [2.45, 2.75) is 11.8 Å². The van der Waals surface area contributed by atoms with Gasteiger partial charge in [0, 0.05) is 4.90 Å². The highest BCUT2D eigenvalue weighted by molar-refractivity contribution is 8.01. The molecule has 0 radical (unpaired) electrons. The number of hydrogen-bond donors (Lipinski definition) is 0. The van der Waals surface area contributed by atoms with E-state index < -0.39 is 0 Å². The zero-order valence-electron chi connectivity index (χ0n) is 14.1. The second-order valence-electron chi connectivity index (χ2n) is 6.07. The average molecular weight is 341 g/mol. The summed E-state index contributed by atoms with van der Waals surface area (Å²) in [7, 11) is 0. The average Bonchev–Trinajstić information content (AvgIpc) is 2.68. The summed E-state index contributed by atoms with van der Waals surface area (Å²) < 4.78 is 2.29. The Bertz CT molecular complexity index is 978. The number of hydrogen-bond acceptors (Lipinski definition) is 2. The van der Waals surface area contributed by atoms with Crippen LogP contribution < -0.4 is 4.31 Å². The lowest BCUT2D eigenvalue weighted by Crippen LogP contribution is -2.06. The number of rotatable bonds is 4. The molecular formula is C23H19NS. The number of benzene rings is 4. The van der Waals surface area contributed by atoms with Gasteiger partial charge in [0.2, 0.25) is 0 Å². The van der Waals surface area contributed by atoms with E-state index in [-0.39, 0.29) is 0 Å². The van der Waals surface area contributed by atoms with Gasteiger partial charge in [0.15, 0.2) is 0 Å². The number of anilines is 2. The number of aryl methyl sites for hydroxylation is 1. The lowest BCUT2D eigenvalue weighted by molar-refractivity contribution is 1.36. The van der Waals surface area contributed by atoms with Crippen molar-refractivity contribution in [3.05, 3.63) is 103 Å². The van der Waals surface area contributed by atoms with Crippen LogP contribution in [0.4, 0.5) is 11.4 Å². The Labute approximate surface area is 153 Å². The minimum absolute atomic E-state index is 1.17. The second-order valence-corrected chi connectivity index (χ2v) is 7.08. The Kier molecular flexibility index (Phi) is 4.45. The lowest BCUT2D eigenvalue weighted by atomic mass is 10.1. The van der Waals surface area contributed by atoms with E-state index in [2.05, 4.69) is 108 Å². The van der Waals surface area contributed by atoms with E-state index in [9.17, 15) is 0 Å². The Balaban J connectivity index is 1.77. The first kappa shape index (κ1) is 15.8. The van der Waals surface area contributed by atoms with Gasteiger partial charge in [-0.2, -0.15) is 0 Å². The number of fused-ring (bicyclic) bond motifs is 1. The normalized spacial score (nSPS) is 10.8. The van der Waals surface area contributed by atoms with Gasteiger partial charge in [-0.05, 0) is 66.0 Å². The highest BCUT2D eigenvalue weighted by atomic mass is 32.2. The first-order valence-corrected chi connectivity index (χ1v) is 9.15. The SMILES string of the molecule is Cc1ccc(SN(c2ccccc2)c2ccc3ccccc3c2)cc1. The molecule has 0 saturated carbocycles. The maximum atomic E-state index is 2.29. The molecule has 0 fully saturated rings. The highest BCUT2D eigenvalue weighted by Crippen LogP contribution is 2.37. The fraction of sp³-hybridized carbons (Fsp3) is 0.0435. The van der Waals surface area contributed by atoms with Gasteiger partial charge in [-0.15, -0.1) is 0 Å². The Morgan fingerprint density at radius 1 is 0.600 bits per heavy atom. The van der Waals surface area contributed by atoms with Crippen molar-refractivity contribution >= 4 is 34.1 Å². The topological polar surface area (TPSA) is 3.24 Å². The largest absolute Gasteiger partial charge is 0.280 e. The molecule has 25 heavy (non-hydrogen) atoms. The molecule has 0 atom stereocenters. The Morgan fingerprint density at radius 2 is 1.28 bits per heavy atom. The van der Waals surface area contributed by atoms with Gasteiger partial charge in [0.1, 0.15) is 0 Å². The molecular weight excluding hydrogens is 322 g/mol. The van der Waals surface area contributed by atoms with Crippen molar-refractivity contribution in [2.24, 2.45) is 0 Å². The van der Waals surface area contributed by atoms with Crippen LogP contribution >= 0.6 is 11.9 Å². The summed E-state index contributed by atoms with van der Waals surface area (Å²) in [5, 5.41) is 2.52. The van der Waals surface area contributed by atoms with Gasteiger partial charge < -0.3 is 0 Å². The van der Waals surface area contributed by atoms with Crippen molar-refractivity contribution < 1.29 is 0 Å². The molecule has 4 aromatic carbocycles. The maximum Gasteiger partial charge on any atom is 0.0535 e. The van der Waals surface area contributed by atoms with Crippen molar-refractivity contribution in [3.8, 4) is 0 Å². The molecule has 0 spiro atoms. The predicted octanol–water partition coefficient (Wildman–Crippen LogP) is 6.99. The monoisotopic (exact) mass is 341 g/mol. The van der Waals surface area contributed by atoms with Crippen molar-refractivity contribution in [1.82, 2.24) is 0 Å². The Morgan fingerprint density at radius 3 is 2.04 bits per heavy atom. The summed E-state index contributed by atoms with van der Waals surface area (Å²) in [6.45, 7) is 2.12. The van der Waals surface area contributed by atoms with Crippen molar-refractivity contribution in [3.63, 3.8) is 0 Å². The van der Waals surface area contributed by atoms with E-state index in [1.54, 1.807) is 11.9 Å². The van der Waals surface area contributed by atoms with Crippen LogP contribution in [0.15, 0.2) is 102 Å². The van der Waals surface area contributed by atoms with E-state index >= 15 is 0 Å². The molecule has 2 heteroatoms. The zero-order valence-corrected chi connectivity index (χ0v) is 14.9. The summed E-state index contributed by atoms with van der Waals surface area (Å²) in [5.74, 6) is 0. The molecule has 0 aliphatic heterocycles. The van der Waals surface area contributed by atoms with Gasteiger partial charge in [-0.25, -0.2) is 0 Å². The van der Waals surface area contributed by atoms with E-state index in [0.29, 0.717) is 0 Å². The third kappa shape index (κ3) is 3.54. The first-order chi connectivity index (χ1) is 12.3. The minimum Gasteiger partial charge on any atom is -0.280 e. The van der Waals surface area contributed by atoms with E-state index in [4.69, 9.17) is 0 Å². The molecule has 1 nitrogen and oxygen atoms in total. The summed E-state index contributed by atoms with van der Waals surface area (Å²) >= 11 is 1.75. The standard InChI is InChI=1S/C23H19NS/c1-18-11-15-23(16-12-18)25-24(21-9-3-2-4-10-21)22-14-13-19-7-5-6-8-20(19)17-22/h2-17H,1H3. The van der Waals surface area contributed by atoms with Gasteiger partial charge in [0.25, 0.3) is 0 Å². The summed E-state index contributed by atoms with van der Waals surface area (Å²) in [6, 6.07) is 34.3. The maximum absolute atomic E-state index is 2.29. The molecule has 0 bridgehead atoms. The van der Waals surface area contributed by atoms with Crippen LogP contribution in [0.3, 0.4) is 0 Å². The van der Waals surface area contributed by atoms with Crippen molar-refractivity contribution in [2.75, 3.05) is 4.31 Å². The van der Waals surface area contributed by atoms with Crippen LogP contribution in [-0.4, -0.2) is 0 Å².